The molecule has 1 fully saturated rings. The van der Waals surface area contributed by atoms with E-state index in [9.17, 15) is 18.0 Å². The molecule has 0 radical (unpaired) electrons. The number of anilines is 2. The minimum atomic E-state index is -4.40. The minimum Gasteiger partial charge on any atom is -0.497 e. The Kier molecular flexibility index (Phi) is 7.87. The SMILES string of the molecule is COc1ccc(CNC(C2CCN(c3cc4c(cc3NC(=O)c3cnn5cccnc35)CC(C)(C)O4)CC2)C(F)(F)F)cc1. The minimum absolute atomic E-state index is 0.0981. The Bertz CT molecular complexity index is 1650. The Morgan fingerprint density at radius 3 is 2.64 bits per heavy atom. The molecule has 232 valence electrons. The van der Waals surface area contributed by atoms with E-state index in [0.717, 1.165) is 16.9 Å². The Hall–Kier alpha value is -4.32. The highest BCUT2D eigenvalue weighted by molar-refractivity contribution is 6.09. The maximum Gasteiger partial charge on any atom is 0.404 e. The number of fused-ring (bicyclic) bond motifs is 2. The molecule has 44 heavy (non-hydrogen) atoms. The maximum absolute atomic E-state index is 14.3. The van der Waals surface area contributed by atoms with Crippen LogP contribution in [0.4, 0.5) is 24.5 Å². The van der Waals surface area contributed by atoms with Crippen molar-refractivity contribution in [1.82, 2.24) is 19.9 Å². The van der Waals surface area contributed by atoms with Crippen LogP contribution in [0.5, 0.6) is 11.5 Å². The molecule has 2 aromatic heterocycles. The van der Waals surface area contributed by atoms with Crippen molar-refractivity contribution < 1.29 is 27.4 Å². The molecule has 1 amide bonds. The molecule has 2 aliphatic rings. The van der Waals surface area contributed by atoms with Gasteiger partial charge in [0, 0.05) is 50.1 Å². The first-order chi connectivity index (χ1) is 21.0. The molecule has 12 heteroatoms. The lowest BCUT2D eigenvalue weighted by molar-refractivity contribution is -0.170. The molecular weight excluding hydrogens is 573 g/mol. The van der Waals surface area contributed by atoms with Crippen molar-refractivity contribution in [3.8, 4) is 11.5 Å². The van der Waals surface area contributed by atoms with Crippen LogP contribution in [0.15, 0.2) is 61.1 Å². The lowest BCUT2D eigenvalue weighted by atomic mass is 9.88. The summed E-state index contributed by atoms with van der Waals surface area (Å²) in [7, 11) is 1.55. The topological polar surface area (TPSA) is 93.0 Å². The molecule has 6 rings (SSSR count). The molecule has 9 nitrogen and oxygen atoms in total. The number of methoxy groups -OCH3 is 1. The summed E-state index contributed by atoms with van der Waals surface area (Å²) in [6.07, 6.45) is 1.70. The Morgan fingerprint density at radius 2 is 1.93 bits per heavy atom. The smallest absolute Gasteiger partial charge is 0.404 e. The van der Waals surface area contributed by atoms with Gasteiger partial charge in [0.15, 0.2) is 5.65 Å². The molecule has 4 heterocycles. The third-order valence-electron chi connectivity index (χ3n) is 8.34. The predicted octanol–water partition coefficient (Wildman–Crippen LogP) is 5.64. The van der Waals surface area contributed by atoms with Crippen LogP contribution in [-0.2, 0) is 13.0 Å². The van der Waals surface area contributed by atoms with E-state index in [-0.39, 0.29) is 12.5 Å². The lowest BCUT2D eigenvalue weighted by Gasteiger charge is -2.39. The van der Waals surface area contributed by atoms with Crippen LogP contribution >= 0.6 is 0 Å². The van der Waals surface area contributed by atoms with Gasteiger partial charge in [-0.15, -0.1) is 0 Å². The van der Waals surface area contributed by atoms with Crippen molar-refractivity contribution >= 4 is 22.9 Å². The second-order valence-corrected chi connectivity index (χ2v) is 12.0. The summed E-state index contributed by atoms with van der Waals surface area (Å²) in [6, 6.07) is 10.9. The Labute approximate surface area is 253 Å². The van der Waals surface area contributed by atoms with Gasteiger partial charge in [-0.25, -0.2) is 9.50 Å². The fourth-order valence-electron chi connectivity index (χ4n) is 6.17. The number of alkyl halides is 3. The normalized spacial score (nSPS) is 17.3. The number of carbonyl (C=O) groups is 1. The van der Waals surface area contributed by atoms with Crippen molar-refractivity contribution in [1.29, 1.82) is 0 Å². The fourth-order valence-corrected chi connectivity index (χ4v) is 6.17. The van der Waals surface area contributed by atoms with Crippen LogP contribution < -0.4 is 25.0 Å². The summed E-state index contributed by atoms with van der Waals surface area (Å²) >= 11 is 0. The molecule has 1 unspecified atom stereocenters. The summed E-state index contributed by atoms with van der Waals surface area (Å²) in [4.78, 5) is 19.8. The highest BCUT2D eigenvalue weighted by Gasteiger charge is 2.45. The van der Waals surface area contributed by atoms with Gasteiger partial charge in [0.25, 0.3) is 5.91 Å². The van der Waals surface area contributed by atoms with E-state index in [0.29, 0.717) is 60.7 Å². The Morgan fingerprint density at radius 1 is 1.18 bits per heavy atom. The zero-order chi connectivity index (χ0) is 31.1. The molecule has 1 saturated heterocycles. The lowest BCUT2D eigenvalue weighted by Crippen LogP contribution is -2.51. The van der Waals surface area contributed by atoms with Gasteiger partial charge < -0.3 is 25.0 Å². The van der Waals surface area contributed by atoms with Gasteiger partial charge >= 0.3 is 6.18 Å². The number of nitrogens with one attached hydrogen (secondary N) is 2. The van der Waals surface area contributed by atoms with E-state index in [4.69, 9.17) is 9.47 Å². The van der Waals surface area contributed by atoms with Gasteiger partial charge in [0.05, 0.1) is 24.7 Å². The Balaban J connectivity index is 1.20. The van der Waals surface area contributed by atoms with E-state index in [1.54, 1.807) is 49.8 Å². The van der Waals surface area contributed by atoms with Crippen molar-refractivity contribution in [2.45, 2.75) is 57.5 Å². The maximum atomic E-state index is 14.3. The summed E-state index contributed by atoms with van der Waals surface area (Å²) in [5.41, 5.74) is 3.35. The molecule has 0 spiro atoms. The number of benzene rings is 2. The van der Waals surface area contributed by atoms with Gasteiger partial charge in [-0.2, -0.15) is 18.3 Å². The van der Waals surface area contributed by atoms with Crippen molar-refractivity contribution in [3.63, 3.8) is 0 Å². The van der Waals surface area contributed by atoms with Crippen LogP contribution in [0.25, 0.3) is 5.65 Å². The second kappa shape index (κ2) is 11.6. The first-order valence-electron chi connectivity index (χ1n) is 14.6. The van der Waals surface area contributed by atoms with Crippen LogP contribution in [0.1, 0.15) is 48.2 Å². The third kappa shape index (κ3) is 6.17. The number of carbonyl (C=O) groups excluding carboxylic acids is 1. The quantitative estimate of drug-likeness (QED) is 0.268. The number of hydrogen-bond donors (Lipinski definition) is 2. The molecule has 2 aliphatic heterocycles. The number of rotatable bonds is 8. The van der Waals surface area contributed by atoms with Crippen molar-refractivity contribution in [2.24, 2.45) is 5.92 Å². The molecular formula is C32H35F3N6O3. The number of hydrogen-bond acceptors (Lipinski definition) is 7. The monoisotopic (exact) mass is 608 g/mol. The standard InChI is InChI=1S/C32H35F3N6O3/c1-31(2)17-22-15-25(39-30(42)24-19-38-41-12-4-11-36-29(24)41)26(16-27(22)44-31)40-13-9-21(10-14-40)28(32(33,34)35)37-18-20-5-7-23(43-3)8-6-20/h4-8,11-12,15-16,19,21,28,37H,9-10,13-14,17-18H2,1-3H3,(H,39,42). The van der Waals surface area contributed by atoms with Gasteiger partial charge in [-0.3, -0.25) is 4.79 Å². The van der Waals surface area contributed by atoms with E-state index in [1.165, 1.54) is 10.7 Å². The van der Waals surface area contributed by atoms with Crippen molar-refractivity contribution in [3.05, 3.63) is 77.7 Å². The molecule has 0 aliphatic carbocycles. The van der Waals surface area contributed by atoms with Crippen LogP contribution in [0.3, 0.4) is 0 Å². The molecule has 2 aromatic carbocycles. The zero-order valence-electron chi connectivity index (χ0n) is 24.8. The molecule has 2 N–H and O–H groups in total. The number of halogens is 3. The molecule has 1 atom stereocenters. The summed E-state index contributed by atoms with van der Waals surface area (Å²) in [6.45, 7) is 4.88. The summed E-state index contributed by atoms with van der Waals surface area (Å²) in [5.74, 6) is 0.404. The van der Waals surface area contributed by atoms with Crippen LogP contribution in [0, 0.1) is 5.92 Å². The fraction of sp³-hybridized carbons (Fsp3) is 0.406. The molecule has 0 saturated carbocycles. The predicted molar refractivity (Wildman–Crippen MR) is 160 cm³/mol. The second-order valence-electron chi connectivity index (χ2n) is 12.0. The summed E-state index contributed by atoms with van der Waals surface area (Å²) in [5, 5.41) is 10.0. The van der Waals surface area contributed by atoms with Crippen molar-refractivity contribution in [2.75, 3.05) is 30.4 Å². The average Bonchev–Trinajstić information content (AvgIpc) is 3.56. The van der Waals surface area contributed by atoms with E-state index in [2.05, 4.69) is 20.7 Å². The number of piperidine rings is 1. The zero-order valence-corrected chi connectivity index (χ0v) is 24.8. The van der Waals surface area contributed by atoms with E-state index >= 15 is 0 Å². The summed E-state index contributed by atoms with van der Waals surface area (Å²) < 4.78 is 55.6. The molecule has 0 bridgehead atoms. The van der Waals surface area contributed by atoms with Gasteiger partial charge in [-0.05, 0) is 62.4 Å². The number of aromatic nitrogens is 3. The number of nitrogens with zero attached hydrogens (tertiary/aromatic N) is 4. The van der Waals surface area contributed by atoms with Gasteiger partial charge in [0.1, 0.15) is 28.7 Å². The molecule has 4 aromatic rings. The highest BCUT2D eigenvalue weighted by atomic mass is 19.4. The first kappa shape index (κ1) is 29.7. The van der Waals surface area contributed by atoms with E-state index in [1.807, 2.05) is 30.9 Å². The van der Waals surface area contributed by atoms with Gasteiger partial charge in [-0.1, -0.05) is 12.1 Å². The highest BCUT2D eigenvalue weighted by Crippen LogP contribution is 2.43. The third-order valence-corrected chi connectivity index (χ3v) is 8.34. The van der Waals surface area contributed by atoms with Crippen LogP contribution in [-0.4, -0.2) is 58.5 Å². The average molecular weight is 609 g/mol. The van der Waals surface area contributed by atoms with Crippen LogP contribution in [0.2, 0.25) is 0 Å². The number of ether oxygens (including phenoxy) is 2. The van der Waals surface area contributed by atoms with Gasteiger partial charge in [0.2, 0.25) is 0 Å². The first-order valence-corrected chi connectivity index (χ1v) is 14.6. The number of amides is 1. The largest absolute Gasteiger partial charge is 0.497 e. The van der Waals surface area contributed by atoms with E-state index < -0.39 is 23.7 Å².